The maximum Gasteiger partial charge on any atom is 0.229 e. The number of anilines is 1. The predicted molar refractivity (Wildman–Crippen MR) is 132 cm³/mol. The number of carbonyl (C=O) groups excluding carboxylic acids is 2. The first kappa shape index (κ1) is 24.1. The van der Waals surface area contributed by atoms with E-state index in [1.54, 1.807) is 43.3 Å². The molecule has 8 heteroatoms. The first-order chi connectivity index (χ1) is 16.1. The molecule has 1 aliphatic rings. The molecule has 1 unspecified atom stereocenters. The van der Waals surface area contributed by atoms with Crippen LogP contribution in [0.2, 0.25) is 5.02 Å². The van der Waals surface area contributed by atoms with E-state index in [9.17, 15) is 18.0 Å². The summed E-state index contributed by atoms with van der Waals surface area (Å²) in [6.45, 7) is 3.53. The molecule has 1 aromatic heterocycles. The second-order valence-corrected chi connectivity index (χ2v) is 11.3. The Hall–Kier alpha value is -3.03. The topological polar surface area (TPSA) is 93.2 Å². The number of pyridine rings is 1. The number of carbonyl (C=O) groups is 2. The van der Waals surface area contributed by atoms with E-state index in [1.165, 1.54) is 12.1 Å². The number of nitrogens with one attached hydrogen (secondary N) is 1. The van der Waals surface area contributed by atoms with Crippen LogP contribution in [0.4, 0.5) is 5.82 Å². The SMILES string of the molecule is CCS(=O)(=O)c1ccc(CC(=O)Nc2ccc3c(n2)CCC(C)(c2ccc(Cl)cc2)C3=O)cc1. The van der Waals surface area contributed by atoms with Crippen molar-refractivity contribution in [1.29, 1.82) is 0 Å². The van der Waals surface area contributed by atoms with Crippen molar-refractivity contribution >= 4 is 38.9 Å². The molecule has 0 spiro atoms. The summed E-state index contributed by atoms with van der Waals surface area (Å²) in [5.74, 6) is 0.144. The number of sulfone groups is 1. The average Bonchev–Trinajstić information content (AvgIpc) is 2.82. The molecule has 0 saturated carbocycles. The molecule has 1 N–H and O–H groups in total. The lowest BCUT2D eigenvalue weighted by atomic mass is 9.69. The van der Waals surface area contributed by atoms with Crippen molar-refractivity contribution in [3.05, 3.63) is 88.1 Å². The van der Waals surface area contributed by atoms with Crippen molar-refractivity contribution < 1.29 is 18.0 Å². The minimum atomic E-state index is -3.28. The number of benzene rings is 2. The molecule has 3 aromatic rings. The van der Waals surface area contributed by atoms with Crippen LogP contribution in [0.25, 0.3) is 0 Å². The van der Waals surface area contributed by atoms with Gasteiger partial charge in [-0.3, -0.25) is 9.59 Å². The second kappa shape index (κ2) is 9.31. The van der Waals surface area contributed by atoms with Crippen molar-refractivity contribution in [3.63, 3.8) is 0 Å². The van der Waals surface area contributed by atoms with Crippen molar-refractivity contribution in [2.45, 2.75) is 43.4 Å². The number of Topliss-reactive ketones (excluding diaryl/α,β-unsaturated/α-hetero) is 1. The van der Waals surface area contributed by atoms with Gasteiger partial charge >= 0.3 is 0 Å². The minimum absolute atomic E-state index is 0.00331. The van der Waals surface area contributed by atoms with Crippen LogP contribution in [0.15, 0.2) is 65.6 Å². The van der Waals surface area contributed by atoms with E-state index in [-0.39, 0.29) is 28.8 Å². The van der Waals surface area contributed by atoms with Crippen LogP contribution in [0, 0.1) is 0 Å². The summed E-state index contributed by atoms with van der Waals surface area (Å²) >= 11 is 6.00. The lowest BCUT2D eigenvalue weighted by molar-refractivity contribution is -0.115. The highest BCUT2D eigenvalue weighted by atomic mass is 35.5. The summed E-state index contributed by atoms with van der Waals surface area (Å²) in [5.41, 5.74) is 2.20. The summed E-state index contributed by atoms with van der Waals surface area (Å²) in [5, 5.41) is 3.40. The Morgan fingerprint density at radius 2 is 1.74 bits per heavy atom. The zero-order chi connectivity index (χ0) is 24.5. The number of rotatable bonds is 6. The Balaban J connectivity index is 1.46. The Labute approximate surface area is 204 Å². The summed E-state index contributed by atoms with van der Waals surface area (Å²) in [6.07, 6.45) is 1.30. The van der Waals surface area contributed by atoms with Crippen LogP contribution in [-0.4, -0.2) is 30.8 Å². The predicted octanol–water partition coefficient (Wildman–Crippen LogP) is 4.80. The molecule has 0 aliphatic heterocycles. The normalized spacial score (nSPS) is 17.8. The van der Waals surface area contributed by atoms with Gasteiger partial charge in [0.1, 0.15) is 5.82 Å². The fourth-order valence-corrected chi connectivity index (χ4v) is 5.20. The smallest absolute Gasteiger partial charge is 0.229 e. The summed E-state index contributed by atoms with van der Waals surface area (Å²) in [6, 6.07) is 17.0. The van der Waals surface area contributed by atoms with Crippen molar-refractivity contribution in [2.75, 3.05) is 11.1 Å². The summed E-state index contributed by atoms with van der Waals surface area (Å²) in [4.78, 5) is 30.6. The van der Waals surface area contributed by atoms with Crippen LogP contribution >= 0.6 is 11.6 Å². The van der Waals surface area contributed by atoms with Gasteiger partial charge in [-0.15, -0.1) is 0 Å². The molecule has 0 bridgehead atoms. The van der Waals surface area contributed by atoms with Crippen LogP contribution in [0.5, 0.6) is 0 Å². The van der Waals surface area contributed by atoms with Crippen molar-refractivity contribution in [1.82, 2.24) is 4.98 Å². The van der Waals surface area contributed by atoms with Gasteiger partial charge in [0.05, 0.1) is 28.2 Å². The number of ketones is 1. The summed E-state index contributed by atoms with van der Waals surface area (Å²) < 4.78 is 23.9. The second-order valence-electron chi connectivity index (χ2n) is 8.63. The quantitative estimate of drug-likeness (QED) is 0.529. The highest BCUT2D eigenvalue weighted by Gasteiger charge is 2.40. The molecule has 2 aromatic carbocycles. The molecule has 176 valence electrons. The molecule has 1 amide bonds. The van der Waals surface area contributed by atoms with E-state index in [0.29, 0.717) is 40.5 Å². The molecule has 6 nitrogen and oxygen atoms in total. The number of nitrogens with zero attached hydrogens (tertiary/aromatic N) is 1. The number of amides is 1. The molecule has 1 atom stereocenters. The third kappa shape index (κ3) is 4.76. The lowest BCUT2D eigenvalue weighted by Crippen LogP contribution is -2.37. The fourth-order valence-electron chi connectivity index (χ4n) is 4.19. The molecule has 0 radical (unpaired) electrons. The van der Waals surface area contributed by atoms with Gasteiger partial charge in [-0.25, -0.2) is 13.4 Å². The Morgan fingerprint density at radius 1 is 1.06 bits per heavy atom. The Bertz CT molecular complexity index is 1350. The number of fused-ring (bicyclic) bond motifs is 1. The Morgan fingerprint density at radius 3 is 2.38 bits per heavy atom. The zero-order valence-corrected chi connectivity index (χ0v) is 20.5. The minimum Gasteiger partial charge on any atom is -0.310 e. The van der Waals surface area contributed by atoms with Gasteiger partial charge in [-0.05, 0) is 67.3 Å². The standard InChI is InChI=1S/C26H25ClN2O4S/c1-3-34(32,33)20-10-4-17(5-11-20)16-24(30)29-23-13-12-21-22(28-23)14-15-26(2,25(21)31)18-6-8-19(27)9-7-18/h4-13H,3,14-16H2,1-2H3,(H,28,29,30). The molecule has 0 fully saturated rings. The molecule has 4 rings (SSSR count). The van der Waals surface area contributed by atoms with Gasteiger partial charge in [-0.2, -0.15) is 0 Å². The van der Waals surface area contributed by atoms with Gasteiger partial charge in [0.25, 0.3) is 0 Å². The lowest BCUT2D eigenvalue weighted by Gasteiger charge is -2.33. The number of hydrogen-bond donors (Lipinski definition) is 1. The first-order valence-corrected chi connectivity index (χ1v) is 13.1. The highest BCUT2D eigenvalue weighted by molar-refractivity contribution is 7.91. The van der Waals surface area contributed by atoms with Gasteiger partial charge in [-0.1, -0.05) is 42.8 Å². The van der Waals surface area contributed by atoms with Crippen molar-refractivity contribution in [3.8, 4) is 0 Å². The van der Waals surface area contributed by atoms with Crippen LogP contribution in [0.1, 0.15) is 47.4 Å². The Kier molecular flexibility index (Phi) is 6.60. The van der Waals surface area contributed by atoms with Gasteiger partial charge < -0.3 is 5.32 Å². The van der Waals surface area contributed by atoms with Gasteiger partial charge in [0, 0.05) is 10.6 Å². The third-order valence-electron chi connectivity index (χ3n) is 6.36. The van der Waals surface area contributed by atoms with Gasteiger partial charge in [0.2, 0.25) is 5.91 Å². The van der Waals surface area contributed by atoms with E-state index in [0.717, 1.165) is 5.56 Å². The van der Waals surface area contributed by atoms with Crippen LogP contribution < -0.4 is 5.32 Å². The maximum absolute atomic E-state index is 13.3. The van der Waals surface area contributed by atoms with Gasteiger partial charge in [0.15, 0.2) is 15.6 Å². The van der Waals surface area contributed by atoms with E-state index >= 15 is 0 Å². The third-order valence-corrected chi connectivity index (χ3v) is 8.36. The summed E-state index contributed by atoms with van der Waals surface area (Å²) in [7, 11) is -3.28. The molecular formula is C26H25ClN2O4S. The zero-order valence-electron chi connectivity index (χ0n) is 19.0. The highest BCUT2D eigenvalue weighted by Crippen LogP contribution is 2.38. The van der Waals surface area contributed by atoms with E-state index < -0.39 is 15.3 Å². The number of hydrogen-bond acceptors (Lipinski definition) is 5. The van der Waals surface area contributed by atoms with Crippen LogP contribution in [-0.2, 0) is 32.9 Å². The van der Waals surface area contributed by atoms with Crippen LogP contribution in [0.3, 0.4) is 0 Å². The monoisotopic (exact) mass is 496 g/mol. The average molecular weight is 497 g/mol. The van der Waals surface area contributed by atoms with Crippen molar-refractivity contribution in [2.24, 2.45) is 0 Å². The molecule has 34 heavy (non-hydrogen) atoms. The number of aromatic nitrogens is 1. The molecule has 1 heterocycles. The van der Waals surface area contributed by atoms with E-state index in [2.05, 4.69) is 10.3 Å². The maximum atomic E-state index is 13.3. The van der Waals surface area contributed by atoms with E-state index in [1.807, 2.05) is 19.1 Å². The number of halogens is 1. The molecule has 0 saturated heterocycles. The van der Waals surface area contributed by atoms with E-state index in [4.69, 9.17) is 11.6 Å². The fraction of sp³-hybridized carbons (Fsp3) is 0.269. The largest absolute Gasteiger partial charge is 0.310 e. The molecule has 1 aliphatic carbocycles. The molecular weight excluding hydrogens is 472 g/mol. The first-order valence-electron chi connectivity index (χ1n) is 11.0. The number of aryl methyl sites for hydroxylation is 1.